The van der Waals surface area contributed by atoms with E-state index >= 15 is 0 Å². The van der Waals surface area contributed by atoms with E-state index in [1.54, 1.807) is 24.9 Å². The van der Waals surface area contributed by atoms with Crippen LogP contribution in [0, 0.1) is 5.92 Å². The molecule has 32 heavy (non-hydrogen) atoms. The SMILES string of the molecule is CC(=C[C@H](C(C)C)N(C)C(=O)CNC=O)C(=O)N1CCC[C@H]1C(=O)NCc1ccccc1. The molecule has 2 N–H and O–H groups in total. The predicted molar refractivity (Wildman–Crippen MR) is 122 cm³/mol. The number of nitrogens with one attached hydrogen (secondary N) is 2. The first-order valence-electron chi connectivity index (χ1n) is 11.0. The molecule has 1 aromatic carbocycles. The summed E-state index contributed by atoms with van der Waals surface area (Å²) in [6.07, 6.45) is 3.66. The van der Waals surface area contributed by atoms with E-state index in [2.05, 4.69) is 10.6 Å². The number of carbonyl (C=O) groups excluding carboxylic acids is 4. The highest BCUT2D eigenvalue weighted by molar-refractivity contribution is 5.97. The van der Waals surface area contributed by atoms with Gasteiger partial charge in [-0.15, -0.1) is 0 Å². The summed E-state index contributed by atoms with van der Waals surface area (Å²) in [4.78, 5) is 51.9. The molecular weight excluding hydrogens is 408 g/mol. The van der Waals surface area contributed by atoms with Crippen molar-refractivity contribution >= 4 is 24.1 Å². The molecule has 0 bridgehead atoms. The molecule has 2 rings (SSSR count). The molecule has 0 saturated carbocycles. The Hall–Kier alpha value is -3.16. The van der Waals surface area contributed by atoms with Crippen molar-refractivity contribution in [2.45, 2.75) is 52.2 Å². The molecule has 1 aliphatic heterocycles. The number of hydrogen-bond acceptors (Lipinski definition) is 4. The molecule has 8 heteroatoms. The van der Waals surface area contributed by atoms with Crippen molar-refractivity contribution in [3.63, 3.8) is 0 Å². The number of hydrogen-bond donors (Lipinski definition) is 2. The van der Waals surface area contributed by atoms with Crippen molar-refractivity contribution in [3.8, 4) is 0 Å². The number of rotatable bonds is 10. The van der Waals surface area contributed by atoms with E-state index in [0.29, 0.717) is 31.5 Å². The van der Waals surface area contributed by atoms with Gasteiger partial charge in [-0.25, -0.2) is 0 Å². The number of carbonyl (C=O) groups is 4. The Labute approximate surface area is 190 Å². The molecule has 0 radical (unpaired) electrons. The molecule has 1 aliphatic rings. The summed E-state index contributed by atoms with van der Waals surface area (Å²) in [6.45, 7) is 6.50. The molecule has 1 heterocycles. The smallest absolute Gasteiger partial charge is 0.249 e. The topological polar surface area (TPSA) is 98.8 Å². The van der Waals surface area contributed by atoms with E-state index in [9.17, 15) is 19.2 Å². The molecule has 2 atom stereocenters. The fourth-order valence-electron chi connectivity index (χ4n) is 3.91. The standard InChI is InChI=1S/C24H34N4O4/c1-17(2)21(27(4)22(30)15-25-16-29)13-18(3)24(32)28-12-8-11-20(28)23(31)26-14-19-9-6-5-7-10-19/h5-7,9-10,13,16-17,20-21H,8,11-12,14-15H2,1-4H3,(H,25,29)(H,26,31)/t20-,21+/m0/s1. The Balaban J connectivity index is 2.07. The van der Waals surface area contributed by atoms with E-state index in [-0.39, 0.29) is 36.2 Å². The number of nitrogens with zero attached hydrogens (tertiary/aromatic N) is 2. The number of likely N-dealkylation sites (tertiary alicyclic amines) is 1. The Morgan fingerprint density at radius 1 is 1.22 bits per heavy atom. The summed E-state index contributed by atoms with van der Waals surface area (Å²) < 4.78 is 0. The van der Waals surface area contributed by atoms with Crippen LogP contribution in [-0.4, -0.2) is 66.2 Å². The van der Waals surface area contributed by atoms with E-state index in [0.717, 1.165) is 12.0 Å². The van der Waals surface area contributed by atoms with Crippen LogP contribution in [0.4, 0.5) is 0 Å². The van der Waals surface area contributed by atoms with Crippen LogP contribution in [0.1, 0.15) is 39.2 Å². The Kier molecular flexibility index (Phi) is 9.43. The fraction of sp³-hybridized carbons (Fsp3) is 0.500. The molecular formula is C24H34N4O4. The van der Waals surface area contributed by atoms with Crippen LogP contribution < -0.4 is 10.6 Å². The summed E-state index contributed by atoms with van der Waals surface area (Å²) in [6, 6.07) is 8.84. The van der Waals surface area contributed by atoms with E-state index < -0.39 is 6.04 Å². The van der Waals surface area contributed by atoms with E-state index in [4.69, 9.17) is 0 Å². The van der Waals surface area contributed by atoms with Crippen LogP contribution in [0.15, 0.2) is 42.0 Å². The lowest BCUT2D eigenvalue weighted by molar-refractivity contribution is -0.135. The van der Waals surface area contributed by atoms with Crippen LogP contribution in [0.3, 0.4) is 0 Å². The van der Waals surface area contributed by atoms with Gasteiger partial charge in [0.1, 0.15) is 6.04 Å². The number of amides is 4. The highest BCUT2D eigenvalue weighted by atomic mass is 16.2. The summed E-state index contributed by atoms with van der Waals surface area (Å²) in [7, 11) is 1.66. The first-order valence-corrected chi connectivity index (χ1v) is 11.0. The average molecular weight is 443 g/mol. The second kappa shape index (κ2) is 12.0. The third-order valence-corrected chi connectivity index (χ3v) is 5.74. The number of benzene rings is 1. The van der Waals surface area contributed by atoms with Gasteiger partial charge in [-0.2, -0.15) is 0 Å². The first kappa shape index (κ1) is 25.1. The molecule has 0 spiro atoms. The van der Waals surface area contributed by atoms with Gasteiger partial charge >= 0.3 is 0 Å². The molecule has 0 aliphatic carbocycles. The molecule has 0 unspecified atom stereocenters. The quantitative estimate of drug-likeness (QED) is 0.423. The molecule has 4 amide bonds. The Morgan fingerprint density at radius 3 is 2.53 bits per heavy atom. The zero-order valence-electron chi connectivity index (χ0n) is 19.3. The largest absolute Gasteiger partial charge is 0.350 e. The van der Waals surface area contributed by atoms with Crippen molar-refractivity contribution in [2.24, 2.45) is 5.92 Å². The van der Waals surface area contributed by atoms with Gasteiger partial charge in [0.2, 0.25) is 24.1 Å². The maximum atomic E-state index is 13.2. The summed E-state index contributed by atoms with van der Waals surface area (Å²) >= 11 is 0. The van der Waals surface area contributed by atoms with Gasteiger partial charge in [-0.1, -0.05) is 50.3 Å². The third-order valence-electron chi connectivity index (χ3n) is 5.74. The lowest BCUT2D eigenvalue weighted by atomic mass is 9.99. The van der Waals surface area contributed by atoms with Crippen molar-refractivity contribution in [3.05, 3.63) is 47.5 Å². The van der Waals surface area contributed by atoms with Gasteiger partial charge < -0.3 is 20.4 Å². The van der Waals surface area contributed by atoms with E-state index in [1.807, 2.05) is 44.2 Å². The van der Waals surface area contributed by atoms with Gasteiger partial charge in [-0.3, -0.25) is 19.2 Å². The minimum absolute atomic E-state index is 0.0616. The normalized spacial score (nSPS) is 17.1. The van der Waals surface area contributed by atoms with Crippen LogP contribution in [-0.2, 0) is 25.7 Å². The summed E-state index contributed by atoms with van der Waals surface area (Å²) in [5.41, 5.74) is 1.50. The Morgan fingerprint density at radius 2 is 1.91 bits per heavy atom. The predicted octanol–water partition coefficient (Wildman–Crippen LogP) is 1.47. The van der Waals surface area contributed by atoms with Crippen molar-refractivity contribution in [1.29, 1.82) is 0 Å². The molecule has 8 nitrogen and oxygen atoms in total. The zero-order valence-corrected chi connectivity index (χ0v) is 19.3. The summed E-state index contributed by atoms with van der Waals surface area (Å²) in [5, 5.41) is 5.31. The summed E-state index contributed by atoms with van der Waals surface area (Å²) in [5.74, 6) is -0.530. The highest BCUT2D eigenvalue weighted by Gasteiger charge is 2.35. The monoisotopic (exact) mass is 442 g/mol. The van der Waals surface area contributed by atoms with Crippen molar-refractivity contribution in [2.75, 3.05) is 20.1 Å². The lowest BCUT2D eigenvalue weighted by Gasteiger charge is -2.30. The van der Waals surface area contributed by atoms with Gasteiger partial charge in [-0.05, 0) is 31.2 Å². The minimum Gasteiger partial charge on any atom is -0.350 e. The lowest BCUT2D eigenvalue weighted by Crippen LogP contribution is -2.47. The zero-order chi connectivity index (χ0) is 23.7. The first-order chi connectivity index (χ1) is 15.3. The molecule has 1 fully saturated rings. The highest BCUT2D eigenvalue weighted by Crippen LogP contribution is 2.21. The third kappa shape index (κ3) is 6.67. The minimum atomic E-state index is -0.497. The maximum absolute atomic E-state index is 13.2. The second-order valence-corrected chi connectivity index (χ2v) is 8.45. The number of likely N-dealkylation sites (N-methyl/N-ethyl adjacent to an activating group) is 1. The molecule has 0 aromatic heterocycles. The van der Waals surface area contributed by atoms with Gasteiger partial charge in [0, 0.05) is 25.7 Å². The van der Waals surface area contributed by atoms with Crippen LogP contribution in [0.2, 0.25) is 0 Å². The van der Waals surface area contributed by atoms with Crippen LogP contribution in [0.5, 0.6) is 0 Å². The van der Waals surface area contributed by atoms with Crippen molar-refractivity contribution in [1.82, 2.24) is 20.4 Å². The van der Waals surface area contributed by atoms with Gasteiger partial charge in [0.15, 0.2) is 0 Å². The Bertz CT molecular complexity index is 838. The maximum Gasteiger partial charge on any atom is 0.249 e. The average Bonchev–Trinajstić information content (AvgIpc) is 3.28. The molecule has 1 aromatic rings. The van der Waals surface area contributed by atoms with Crippen LogP contribution >= 0.6 is 0 Å². The van der Waals surface area contributed by atoms with Crippen LogP contribution in [0.25, 0.3) is 0 Å². The van der Waals surface area contributed by atoms with Crippen molar-refractivity contribution < 1.29 is 19.2 Å². The molecule has 1 saturated heterocycles. The van der Waals surface area contributed by atoms with Gasteiger partial charge in [0.25, 0.3) is 0 Å². The second-order valence-electron chi connectivity index (χ2n) is 8.45. The molecule has 174 valence electrons. The van der Waals surface area contributed by atoms with Gasteiger partial charge in [0.05, 0.1) is 12.6 Å². The van der Waals surface area contributed by atoms with E-state index in [1.165, 1.54) is 4.90 Å². The fourth-order valence-corrected chi connectivity index (χ4v) is 3.91.